The summed E-state index contributed by atoms with van der Waals surface area (Å²) in [6.45, 7) is 0. The summed E-state index contributed by atoms with van der Waals surface area (Å²) in [6.07, 6.45) is 16.5. The van der Waals surface area contributed by atoms with E-state index in [2.05, 4.69) is 29.9 Å². The minimum absolute atomic E-state index is 0. The van der Waals surface area contributed by atoms with Gasteiger partial charge in [0, 0.05) is 108 Å². The van der Waals surface area contributed by atoms with Gasteiger partial charge in [-0.05, 0) is 36.4 Å². The number of aromatic nitrogens is 6. The third-order valence-electron chi connectivity index (χ3n) is 5.38. The first-order chi connectivity index (χ1) is 25.8. The van der Waals surface area contributed by atoms with Crippen LogP contribution in [0.2, 0.25) is 0 Å². The second kappa shape index (κ2) is 40.0. The molecule has 0 aliphatic heterocycles. The van der Waals surface area contributed by atoms with E-state index in [1.165, 1.54) is 111 Å². The predicted octanol–water partition coefficient (Wildman–Crippen LogP) is -7.02. The van der Waals surface area contributed by atoms with E-state index in [1.54, 1.807) is 36.4 Å². The Labute approximate surface area is 403 Å². The van der Waals surface area contributed by atoms with E-state index < -0.39 is 35.8 Å². The predicted molar refractivity (Wildman–Crippen MR) is 191 cm³/mol. The number of aromatic carboxylic acids is 6. The fraction of sp³-hybridized carbons (Fsp3) is 0. The fourth-order valence-corrected chi connectivity index (χ4v) is 2.90. The van der Waals surface area contributed by atoms with Crippen LogP contribution < -0.4 is 30.6 Å². The molecular formula is C36H36Gd2N6O16+4. The molecule has 6 heterocycles. The Bertz CT molecular complexity index is 1650. The van der Waals surface area contributed by atoms with Gasteiger partial charge in [-0.15, -0.1) is 0 Å². The monoisotopic (exact) mass is 1120 g/mol. The molecule has 0 aliphatic carbocycles. The Morgan fingerprint density at radius 3 is 0.450 bits per heavy atom. The molecule has 0 aromatic carbocycles. The van der Waals surface area contributed by atoms with Crippen molar-refractivity contribution >= 4 is 35.8 Å². The second-order valence-corrected chi connectivity index (χ2v) is 9.17. The van der Waals surface area contributed by atoms with Crippen LogP contribution in [-0.2, 0) is 21.9 Å². The van der Waals surface area contributed by atoms with Crippen LogP contribution in [0.5, 0.6) is 0 Å². The van der Waals surface area contributed by atoms with Crippen molar-refractivity contribution in [3.05, 3.63) is 181 Å². The Morgan fingerprint density at radius 1 is 0.283 bits per heavy atom. The Balaban J connectivity index is -0.000000143. The summed E-state index contributed by atoms with van der Waals surface area (Å²) in [5.41, 5.74) is 0.653. The maximum Gasteiger partial charge on any atom is 3.00 e. The average molecular weight is 1120 g/mol. The molecule has 6 aromatic rings. The molecule has 0 saturated heterocycles. The van der Waals surface area contributed by atoms with Crippen molar-refractivity contribution in [2.75, 3.05) is 0 Å². The summed E-state index contributed by atoms with van der Waals surface area (Å²) in [7, 11) is 0. The van der Waals surface area contributed by atoms with Gasteiger partial charge in [-0.1, -0.05) is 36.4 Å². The van der Waals surface area contributed by atoms with Crippen LogP contribution in [0.4, 0.5) is 0 Å². The minimum Gasteiger partial charge on any atom is -0.545 e. The van der Waals surface area contributed by atoms with Gasteiger partial charge >= 0.3 is 79.9 Å². The summed E-state index contributed by atoms with van der Waals surface area (Å²) >= 11 is 0. The Kier molecular flexibility index (Phi) is 44.0. The Morgan fingerprint density at radius 2 is 0.400 bits per heavy atom. The van der Waals surface area contributed by atoms with E-state index in [-0.39, 0.29) is 135 Å². The van der Waals surface area contributed by atoms with E-state index in [1.807, 2.05) is 0 Å². The van der Waals surface area contributed by atoms with Crippen molar-refractivity contribution in [3.8, 4) is 0 Å². The molecule has 0 amide bonds. The van der Waals surface area contributed by atoms with Gasteiger partial charge in [-0.2, -0.15) is 0 Å². The van der Waals surface area contributed by atoms with Crippen LogP contribution in [0.1, 0.15) is 62.1 Å². The zero-order chi connectivity index (χ0) is 40.1. The SMILES string of the molecule is O=C([O-])c1cccnc1.O=C([O-])c1cccnc1.O=C([O-])c1cccnc1.O=C([O-])c1cccnc1.O=C([O-])c1cccnc1.O=C([O-])c1cccnc1.[Gd+3].[Gd+3].[OH3+].[OH3+].[OH3+].[OH3+]. The third-order valence-corrected chi connectivity index (χ3v) is 5.38. The van der Waals surface area contributed by atoms with Crippen molar-refractivity contribution < 1.29 is 161 Å². The largest absolute Gasteiger partial charge is 3.00 e. The first-order valence-corrected chi connectivity index (χ1v) is 14.5. The summed E-state index contributed by atoms with van der Waals surface area (Å²) in [5, 5.41) is 60.3. The van der Waals surface area contributed by atoms with Gasteiger partial charge in [0.2, 0.25) is 0 Å². The molecule has 0 spiro atoms. The van der Waals surface area contributed by atoms with Crippen LogP contribution in [0.25, 0.3) is 0 Å². The first kappa shape index (κ1) is 66.0. The van der Waals surface area contributed by atoms with Crippen molar-refractivity contribution in [2.45, 2.75) is 0 Å². The number of hydrogen-bond donors (Lipinski definition) is 0. The van der Waals surface area contributed by atoms with Crippen LogP contribution in [0, 0.1) is 79.9 Å². The molecule has 0 aliphatic rings. The zero-order valence-electron chi connectivity index (χ0n) is 30.5. The van der Waals surface area contributed by atoms with Gasteiger partial charge in [-0.3, -0.25) is 29.9 Å². The second-order valence-electron chi connectivity index (χ2n) is 9.17. The molecule has 318 valence electrons. The maximum absolute atomic E-state index is 10.0. The summed E-state index contributed by atoms with van der Waals surface area (Å²) in [5.74, 6) is -7.15. The van der Waals surface area contributed by atoms with Crippen LogP contribution in [-0.4, -0.2) is 65.7 Å². The molecule has 6 rings (SSSR count). The number of nitrogens with zero attached hydrogens (tertiary/aromatic N) is 6. The summed E-state index contributed by atoms with van der Waals surface area (Å²) in [6, 6.07) is 17.9. The third kappa shape index (κ3) is 31.2. The molecule has 0 bridgehead atoms. The topological polar surface area (TPSA) is 450 Å². The molecule has 60 heavy (non-hydrogen) atoms. The number of pyridine rings is 6. The molecule has 24 heteroatoms. The maximum atomic E-state index is 10.0. The normalized spacial score (nSPS) is 8.00. The average Bonchev–Trinajstić information content (AvgIpc) is 3.21. The van der Waals surface area contributed by atoms with E-state index >= 15 is 0 Å². The van der Waals surface area contributed by atoms with Gasteiger partial charge in [0.15, 0.2) is 0 Å². The molecule has 2 radical (unpaired) electrons. The number of carbonyl (C=O) groups is 6. The van der Waals surface area contributed by atoms with E-state index in [9.17, 15) is 59.4 Å². The van der Waals surface area contributed by atoms with Crippen LogP contribution >= 0.6 is 0 Å². The van der Waals surface area contributed by atoms with Gasteiger partial charge in [-0.25, -0.2) is 0 Å². The van der Waals surface area contributed by atoms with Crippen molar-refractivity contribution in [1.82, 2.24) is 29.9 Å². The van der Waals surface area contributed by atoms with Crippen LogP contribution in [0.3, 0.4) is 0 Å². The quantitative estimate of drug-likeness (QED) is 0.140. The van der Waals surface area contributed by atoms with Gasteiger partial charge < -0.3 is 81.3 Å². The molecule has 22 nitrogen and oxygen atoms in total. The smallest absolute Gasteiger partial charge is 0.545 e. The Hall–Kier alpha value is -5.79. The fourth-order valence-electron chi connectivity index (χ4n) is 2.90. The number of hydrogen-bond acceptors (Lipinski definition) is 18. The molecule has 6 aromatic heterocycles. The van der Waals surface area contributed by atoms with E-state index in [0.29, 0.717) is 0 Å². The number of rotatable bonds is 6. The summed E-state index contributed by atoms with van der Waals surface area (Å²) in [4.78, 5) is 81.8. The number of carbonyl (C=O) groups excluding carboxylic acids is 6. The molecule has 12 N–H and O–H groups in total. The standard InChI is InChI=1S/6C6H5NO2.2Gd.4H2O/c6*8-6(9)5-2-1-3-7-4-5;;;;;;/h6*1-4H,(H,8,9);;;4*1H2/q;;;;;;2*+3;;;;/p-2. The molecule has 0 atom stereocenters. The number of carboxylic acids is 6. The van der Waals surface area contributed by atoms with Crippen molar-refractivity contribution in [2.24, 2.45) is 0 Å². The molecule has 0 unspecified atom stereocenters. The van der Waals surface area contributed by atoms with Crippen LogP contribution in [0.15, 0.2) is 147 Å². The minimum atomic E-state index is -1.19. The van der Waals surface area contributed by atoms with E-state index in [0.717, 1.165) is 0 Å². The first-order valence-electron chi connectivity index (χ1n) is 14.5. The molecule has 0 fully saturated rings. The summed E-state index contributed by atoms with van der Waals surface area (Å²) < 4.78 is 0. The van der Waals surface area contributed by atoms with Crippen molar-refractivity contribution in [3.63, 3.8) is 0 Å². The van der Waals surface area contributed by atoms with Gasteiger partial charge in [0.05, 0.1) is 35.8 Å². The zero-order valence-corrected chi connectivity index (χ0v) is 35.0. The van der Waals surface area contributed by atoms with Crippen molar-refractivity contribution in [1.29, 1.82) is 0 Å². The van der Waals surface area contributed by atoms with Gasteiger partial charge in [0.25, 0.3) is 0 Å². The van der Waals surface area contributed by atoms with Gasteiger partial charge in [0.1, 0.15) is 0 Å². The number of carboxylic acid groups (broad SMARTS) is 6. The van der Waals surface area contributed by atoms with E-state index in [4.69, 9.17) is 0 Å². The molecular weight excluding hydrogens is 1090 g/mol. The molecule has 0 saturated carbocycles.